The van der Waals surface area contributed by atoms with E-state index < -0.39 is 0 Å². The molecule has 3 nitrogen and oxygen atoms in total. The van der Waals surface area contributed by atoms with Gasteiger partial charge in [-0.3, -0.25) is 0 Å². The Bertz CT molecular complexity index is 748. The number of hydrogen-bond acceptors (Lipinski definition) is 2. The topological polar surface area (TPSA) is 37.0 Å². The first kappa shape index (κ1) is 15.6. The van der Waals surface area contributed by atoms with E-state index in [4.69, 9.17) is 4.74 Å². The SMILES string of the molecule is COc1cccc(CCCNCCc2ccc3[nH]ccc3c2)c1. The molecule has 0 fully saturated rings. The zero-order chi connectivity index (χ0) is 15.9. The highest BCUT2D eigenvalue weighted by atomic mass is 16.5. The van der Waals surface area contributed by atoms with Gasteiger partial charge in [0.2, 0.25) is 0 Å². The molecule has 1 aromatic heterocycles. The van der Waals surface area contributed by atoms with Crippen LogP contribution < -0.4 is 10.1 Å². The lowest BCUT2D eigenvalue weighted by atomic mass is 10.1. The lowest BCUT2D eigenvalue weighted by molar-refractivity contribution is 0.414. The van der Waals surface area contributed by atoms with Gasteiger partial charge < -0.3 is 15.0 Å². The Kier molecular flexibility index (Phi) is 5.33. The van der Waals surface area contributed by atoms with Crippen molar-refractivity contribution in [3.63, 3.8) is 0 Å². The Balaban J connectivity index is 1.36. The van der Waals surface area contributed by atoms with Gasteiger partial charge in [-0.2, -0.15) is 0 Å². The molecule has 0 aliphatic carbocycles. The highest BCUT2D eigenvalue weighted by molar-refractivity contribution is 5.79. The summed E-state index contributed by atoms with van der Waals surface area (Å²) in [6, 6.07) is 17.1. The minimum absolute atomic E-state index is 0.940. The zero-order valence-electron chi connectivity index (χ0n) is 13.6. The molecule has 0 saturated heterocycles. The number of aryl methyl sites for hydroxylation is 1. The quantitative estimate of drug-likeness (QED) is 0.618. The third-order valence-electron chi connectivity index (χ3n) is 4.16. The van der Waals surface area contributed by atoms with Gasteiger partial charge in [0.15, 0.2) is 0 Å². The zero-order valence-corrected chi connectivity index (χ0v) is 13.6. The van der Waals surface area contributed by atoms with Crippen LogP contribution in [0, 0.1) is 0 Å². The number of nitrogens with one attached hydrogen (secondary N) is 2. The summed E-state index contributed by atoms with van der Waals surface area (Å²) in [5, 5.41) is 4.83. The van der Waals surface area contributed by atoms with Gasteiger partial charge in [-0.1, -0.05) is 18.2 Å². The lowest BCUT2D eigenvalue weighted by Crippen LogP contribution is -2.19. The van der Waals surface area contributed by atoms with Gasteiger partial charge in [0.05, 0.1) is 7.11 Å². The number of aromatic amines is 1. The van der Waals surface area contributed by atoms with Crippen LogP contribution in [0.25, 0.3) is 10.9 Å². The molecule has 0 spiro atoms. The van der Waals surface area contributed by atoms with E-state index in [0.717, 1.165) is 38.1 Å². The molecule has 23 heavy (non-hydrogen) atoms. The van der Waals surface area contributed by atoms with Crippen molar-refractivity contribution in [3.05, 3.63) is 65.9 Å². The predicted octanol–water partition coefficient (Wildman–Crippen LogP) is 3.94. The van der Waals surface area contributed by atoms with Gasteiger partial charge in [0, 0.05) is 11.7 Å². The summed E-state index contributed by atoms with van der Waals surface area (Å²) in [5.41, 5.74) is 3.93. The smallest absolute Gasteiger partial charge is 0.119 e. The van der Waals surface area contributed by atoms with E-state index in [1.165, 1.54) is 22.0 Å². The van der Waals surface area contributed by atoms with E-state index in [9.17, 15) is 0 Å². The van der Waals surface area contributed by atoms with Gasteiger partial charge in [-0.15, -0.1) is 0 Å². The fourth-order valence-electron chi connectivity index (χ4n) is 2.86. The molecule has 2 N–H and O–H groups in total. The molecular weight excluding hydrogens is 284 g/mol. The summed E-state index contributed by atoms with van der Waals surface area (Å²) in [4.78, 5) is 3.23. The summed E-state index contributed by atoms with van der Waals surface area (Å²) in [7, 11) is 1.71. The van der Waals surface area contributed by atoms with Gasteiger partial charge in [-0.05, 0) is 79.2 Å². The van der Waals surface area contributed by atoms with Crippen molar-refractivity contribution < 1.29 is 4.74 Å². The minimum atomic E-state index is 0.940. The first-order chi connectivity index (χ1) is 11.3. The number of methoxy groups -OCH3 is 1. The van der Waals surface area contributed by atoms with Crippen LogP contribution in [0.2, 0.25) is 0 Å². The number of fused-ring (bicyclic) bond motifs is 1. The number of H-pyrrole nitrogens is 1. The first-order valence-corrected chi connectivity index (χ1v) is 8.25. The van der Waals surface area contributed by atoms with Gasteiger partial charge in [-0.25, -0.2) is 0 Å². The monoisotopic (exact) mass is 308 g/mol. The Hall–Kier alpha value is -2.26. The Morgan fingerprint density at radius 3 is 2.78 bits per heavy atom. The molecule has 0 aliphatic heterocycles. The molecule has 0 aliphatic rings. The van der Waals surface area contributed by atoms with Crippen molar-refractivity contribution in [2.24, 2.45) is 0 Å². The molecule has 3 rings (SSSR count). The number of aromatic nitrogens is 1. The minimum Gasteiger partial charge on any atom is -0.497 e. The molecule has 1 heterocycles. The van der Waals surface area contributed by atoms with Crippen molar-refractivity contribution in [1.82, 2.24) is 10.3 Å². The maximum Gasteiger partial charge on any atom is 0.119 e. The lowest BCUT2D eigenvalue weighted by Gasteiger charge is -2.07. The number of hydrogen-bond donors (Lipinski definition) is 2. The fraction of sp³-hybridized carbons (Fsp3) is 0.300. The molecule has 0 unspecified atom stereocenters. The summed E-state index contributed by atoms with van der Waals surface area (Å²) in [5.74, 6) is 0.940. The largest absolute Gasteiger partial charge is 0.497 e. The van der Waals surface area contributed by atoms with Crippen molar-refractivity contribution in [3.8, 4) is 5.75 Å². The van der Waals surface area contributed by atoms with E-state index in [1.54, 1.807) is 7.11 Å². The van der Waals surface area contributed by atoms with Crippen LogP contribution >= 0.6 is 0 Å². The molecule has 0 atom stereocenters. The molecule has 0 radical (unpaired) electrons. The van der Waals surface area contributed by atoms with Crippen LogP contribution in [0.15, 0.2) is 54.7 Å². The molecule has 0 bridgehead atoms. The summed E-state index contributed by atoms with van der Waals surface area (Å²) >= 11 is 0. The second-order valence-corrected chi connectivity index (χ2v) is 5.85. The Morgan fingerprint density at radius 2 is 1.87 bits per heavy atom. The van der Waals surface area contributed by atoms with E-state index >= 15 is 0 Å². The van der Waals surface area contributed by atoms with Crippen LogP contribution in [0.3, 0.4) is 0 Å². The van der Waals surface area contributed by atoms with Gasteiger partial charge >= 0.3 is 0 Å². The van der Waals surface area contributed by atoms with E-state index in [1.807, 2.05) is 12.3 Å². The number of ether oxygens (including phenoxy) is 1. The van der Waals surface area contributed by atoms with E-state index in [2.05, 4.69) is 52.8 Å². The summed E-state index contributed by atoms with van der Waals surface area (Å²) in [6.07, 6.45) is 5.29. The van der Waals surface area contributed by atoms with Crippen molar-refractivity contribution >= 4 is 10.9 Å². The standard InChI is InChI=1S/C20H24N2O/c1-23-19-6-2-4-16(15-19)5-3-11-21-12-9-17-7-8-20-18(14-17)10-13-22-20/h2,4,6-8,10,13-15,21-22H,3,5,9,11-12H2,1H3. The maximum absolute atomic E-state index is 5.26. The van der Waals surface area contributed by atoms with Gasteiger partial charge in [0.25, 0.3) is 0 Å². The number of rotatable bonds is 8. The Morgan fingerprint density at radius 1 is 0.957 bits per heavy atom. The number of benzene rings is 2. The van der Waals surface area contributed by atoms with E-state index in [0.29, 0.717) is 0 Å². The average Bonchev–Trinajstić information content (AvgIpc) is 3.06. The molecule has 3 heteroatoms. The van der Waals surface area contributed by atoms with Crippen LogP contribution in [0.1, 0.15) is 17.5 Å². The van der Waals surface area contributed by atoms with Crippen LogP contribution in [-0.2, 0) is 12.8 Å². The second kappa shape index (κ2) is 7.84. The third kappa shape index (κ3) is 4.36. The molecule has 2 aromatic carbocycles. The van der Waals surface area contributed by atoms with E-state index in [-0.39, 0.29) is 0 Å². The molecule has 120 valence electrons. The van der Waals surface area contributed by atoms with Crippen LogP contribution in [-0.4, -0.2) is 25.2 Å². The van der Waals surface area contributed by atoms with Crippen molar-refractivity contribution in [2.75, 3.05) is 20.2 Å². The summed E-state index contributed by atoms with van der Waals surface area (Å²) < 4.78 is 5.26. The molecule has 0 saturated carbocycles. The normalized spacial score (nSPS) is 11.0. The third-order valence-corrected chi connectivity index (χ3v) is 4.16. The first-order valence-electron chi connectivity index (χ1n) is 8.25. The average molecular weight is 308 g/mol. The van der Waals surface area contributed by atoms with Gasteiger partial charge in [0.1, 0.15) is 5.75 Å². The van der Waals surface area contributed by atoms with Crippen LogP contribution in [0.4, 0.5) is 0 Å². The second-order valence-electron chi connectivity index (χ2n) is 5.85. The fourth-order valence-corrected chi connectivity index (χ4v) is 2.86. The predicted molar refractivity (Wildman–Crippen MR) is 96.2 cm³/mol. The highest BCUT2D eigenvalue weighted by Crippen LogP contribution is 2.15. The van der Waals surface area contributed by atoms with Crippen LogP contribution in [0.5, 0.6) is 5.75 Å². The van der Waals surface area contributed by atoms with Crippen molar-refractivity contribution in [2.45, 2.75) is 19.3 Å². The highest BCUT2D eigenvalue weighted by Gasteiger charge is 1.99. The summed E-state index contributed by atoms with van der Waals surface area (Å²) in [6.45, 7) is 2.07. The molecule has 0 amide bonds. The Labute approximate surface area is 137 Å². The molecular formula is C20H24N2O. The molecule has 3 aromatic rings. The van der Waals surface area contributed by atoms with Crippen molar-refractivity contribution in [1.29, 1.82) is 0 Å². The maximum atomic E-state index is 5.26.